The molecule has 0 aliphatic carbocycles. The van der Waals surface area contributed by atoms with Crippen molar-refractivity contribution in [2.24, 2.45) is 5.92 Å². The largest absolute Gasteiger partial charge is 0.311 e. The van der Waals surface area contributed by atoms with Crippen molar-refractivity contribution >= 4 is 0 Å². The maximum atomic E-state index is 3.72. The number of piperazine rings is 1. The highest BCUT2D eigenvalue weighted by Gasteiger charge is 2.30. The van der Waals surface area contributed by atoms with E-state index in [4.69, 9.17) is 0 Å². The minimum atomic E-state index is 0.662. The van der Waals surface area contributed by atoms with Crippen molar-refractivity contribution in [3.05, 3.63) is 0 Å². The Bertz CT molecular complexity index is 228. The molecule has 3 unspecified atom stereocenters. The molecule has 0 aromatic carbocycles. The van der Waals surface area contributed by atoms with Gasteiger partial charge in [-0.1, -0.05) is 20.8 Å². The molecule has 108 valence electrons. The molecule has 1 fully saturated rings. The summed E-state index contributed by atoms with van der Waals surface area (Å²) in [4.78, 5) is 5.03. The standard InChI is InChI=1S/C15H33N3/c1-7-14-10-16-15(12(2)3)11-18(14)13(4)8-9-17(5)6/h12-16H,7-11H2,1-6H3. The predicted octanol–water partition coefficient (Wildman–Crippen LogP) is 2.04. The van der Waals surface area contributed by atoms with Crippen LogP contribution in [0.3, 0.4) is 0 Å². The molecular formula is C15H33N3. The summed E-state index contributed by atoms with van der Waals surface area (Å²) < 4.78 is 0. The average Bonchev–Trinajstić information content (AvgIpc) is 2.34. The van der Waals surface area contributed by atoms with Crippen LogP contribution in [0.4, 0.5) is 0 Å². The molecule has 1 aliphatic rings. The third-order valence-electron chi connectivity index (χ3n) is 4.33. The Morgan fingerprint density at radius 1 is 1.28 bits per heavy atom. The molecule has 3 atom stereocenters. The van der Waals surface area contributed by atoms with Gasteiger partial charge >= 0.3 is 0 Å². The molecule has 0 amide bonds. The predicted molar refractivity (Wildman–Crippen MR) is 80.0 cm³/mol. The summed E-state index contributed by atoms with van der Waals surface area (Å²) in [6.07, 6.45) is 2.53. The topological polar surface area (TPSA) is 18.5 Å². The zero-order valence-electron chi connectivity index (χ0n) is 13.2. The average molecular weight is 255 g/mol. The Morgan fingerprint density at radius 3 is 2.44 bits per heavy atom. The minimum absolute atomic E-state index is 0.662. The Balaban J connectivity index is 2.56. The van der Waals surface area contributed by atoms with Crippen LogP contribution in [0.5, 0.6) is 0 Å². The fourth-order valence-electron chi connectivity index (χ4n) is 2.82. The first-order valence-corrected chi connectivity index (χ1v) is 7.59. The molecule has 0 radical (unpaired) electrons. The van der Waals surface area contributed by atoms with Crippen LogP contribution in [0.15, 0.2) is 0 Å². The van der Waals surface area contributed by atoms with Crippen molar-refractivity contribution in [3.8, 4) is 0 Å². The molecule has 1 heterocycles. The van der Waals surface area contributed by atoms with Crippen LogP contribution >= 0.6 is 0 Å². The lowest BCUT2D eigenvalue weighted by atomic mass is 9.96. The smallest absolute Gasteiger partial charge is 0.0221 e. The summed E-state index contributed by atoms with van der Waals surface area (Å²) in [5, 5.41) is 3.72. The first-order chi connectivity index (χ1) is 8.45. The SMILES string of the molecule is CCC1CNC(C(C)C)CN1C(C)CCN(C)C. The normalized spacial score (nSPS) is 28.0. The highest BCUT2D eigenvalue weighted by Crippen LogP contribution is 2.19. The van der Waals surface area contributed by atoms with Gasteiger partial charge in [0.2, 0.25) is 0 Å². The van der Waals surface area contributed by atoms with Crippen molar-refractivity contribution in [3.63, 3.8) is 0 Å². The lowest BCUT2D eigenvalue weighted by Gasteiger charge is -2.45. The quantitative estimate of drug-likeness (QED) is 0.783. The number of nitrogens with zero attached hydrogens (tertiary/aromatic N) is 2. The van der Waals surface area contributed by atoms with Crippen LogP contribution in [0, 0.1) is 5.92 Å². The molecule has 1 aliphatic heterocycles. The summed E-state index contributed by atoms with van der Waals surface area (Å²) in [6, 6.07) is 2.08. The number of nitrogens with one attached hydrogen (secondary N) is 1. The second-order valence-electron chi connectivity index (χ2n) is 6.46. The van der Waals surface area contributed by atoms with E-state index < -0.39 is 0 Å². The van der Waals surface area contributed by atoms with E-state index in [1.807, 2.05) is 0 Å². The second kappa shape index (κ2) is 7.46. The van der Waals surface area contributed by atoms with Gasteiger partial charge in [0.25, 0.3) is 0 Å². The van der Waals surface area contributed by atoms with Gasteiger partial charge in [-0.15, -0.1) is 0 Å². The van der Waals surface area contributed by atoms with Crippen LogP contribution in [0.1, 0.15) is 40.5 Å². The molecule has 0 spiro atoms. The Labute approximate surface area is 114 Å². The Hall–Kier alpha value is -0.120. The first-order valence-electron chi connectivity index (χ1n) is 7.59. The lowest BCUT2D eigenvalue weighted by molar-refractivity contribution is 0.0672. The molecule has 0 aromatic rings. The highest BCUT2D eigenvalue weighted by molar-refractivity contribution is 4.89. The minimum Gasteiger partial charge on any atom is -0.311 e. The fraction of sp³-hybridized carbons (Fsp3) is 1.00. The maximum Gasteiger partial charge on any atom is 0.0221 e. The Morgan fingerprint density at radius 2 is 1.94 bits per heavy atom. The van der Waals surface area contributed by atoms with Crippen molar-refractivity contribution < 1.29 is 0 Å². The van der Waals surface area contributed by atoms with Crippen LogP contribution in [0.2, 0.25) is 0 Å². The van der Waals surface area contributed by atoms with E-state index in [9.17, 15) is 0 Å². The summed E-state index contributed by atoms with van der Waals surface area (Å²) in [5.74, 6) is 0.728. The fourth-order valence-corrected chi connectivity index (χ4v) is 2.82. The van der Waals surface area contributed by atoms with Gasteiger partial charge in [0, 0.05) is 31.2 Å². The third-order valence-corrected chi connectivity index (χ3v) is 4.33. The summed E-state index contributed by atoms with van der Waals surface area (Å²) in [6.45, 7) is 12.9. The van der Waals surface area contributed by atoms with E-state index in [0.29, 0.717) is 12.1 Å². The number of rotatable bonds is 6. The van der Waals surface area contributed by atoms with Gasteiger partial charge in [0.1, 0.15) is 0 Å². The lowest BCUT2D eigenvalue weighted by Crippen LogP contribution is -2.60. The van der Waals surface area contributed by atoms with Crippen molar-refractivity contribution in [1.82, 2.24) is 15.1 Å². The summed E-state index contributed by atoms with van der Waals surface area (Å²) >= 11 is 0. The number of hydrogen-bond donors (Lipinski definition) is 1. The zero-order valence-corrected chi connectivity index (χ0v) is 13.2. The molecular weight excluding hydrogens is 222 g/mol. The summed E-state index contributed by atoms with van der Waals surface area (Å²) in [5.41, 5.74) is 0. The third kappa shape index (κ3) is 4.52. The van der Waals surface area contributed by atoms with E-state index >= 15 is 0 Å². The van der Waals surface area contributed by atoms with Gasteiger partial charge in [-0.2, -0.15) is 0 Å². The van der Waals surface area contributed by atoms with Crippen LogP contribution in [-0.4, -0.2) is 61.7 Å². The van der Waals surface area contributed by atoms with Gasteiger partial charge in [-0.05, 0) is 46.3 Å². The van der Waals surface area contributed by atoms with Crippen LogP contribution in [-0.2, 0) is 0 Å². The molecule has 0 aromatic heterocycles. The molecule has 1 N–H and O–H groups in total. The molecule has 18 heavy (non-hydrogen) atoms. The van der Waals surface area contributed by atoms with E-state index in [2.05, 4.69) is 56.9 Å². The molecule has 1 saturated heterocycles. The van der Waals surface area contributed by atoms with Crippen LogP contribution < -0.4 is 5.32 Å². The zero-order chi connectivity index (χ0) is 13.7. The molecule has 0 saturated carbocycles. The van der Waals surface area contributed by atoms with E-state index in [1.54, 1.807) is 0 Å². The monoisotopic (exact) mass is 255 g/mol. The van der Waals surface area contributed by atoms with Gasteiger partial charge < -0.3 is 10.2 Å². The highest BCUT2D eigenvalue weighted by atomic mass is 15.3. The molecule has 1 rings (SSSR count). The van der Waals surface area contributed by atoms with E-state index in [1.165, 1.54) is 25.9 Å². The Kier molecular flexibility index (Phi) is 6.61. The van der Waals surface area contributed by atoms with Crippen LogP contribution in [0.25, 0.3) is 0 Å². The summed E-state index contributed by atoms with van der Waals surface area (Å²) in [7, 11) is 4.33. The van der Waals surface area contributed by atoms with E-state index in [0.717, 1.165) is 18.5 Å². The van der Waals surface area contributed by atoms with Gasteiger partial charge in [0.05, 0.1) is 0 Å². The molecule has 0 bridgehead atoms. The van der Waals surface area contributed by atoms with Crippen molar-refractivity contribution in [2.75, 3.05) is 33.7 Å². The number of hydrogen-bond acceptors (Lipinski definition) is 3. The molecule has 3 heteroatoms. The van der Waals surface area contributed by atoms with Gasteiger partial charge in [0.15, 0.2) is 0 Å². The van der Waals surface area contributed by atoms with Crippen molar-refractivity contribution in [1.29, 1.82) is 0 Å². The van der Waals surface area contributed by atoms with E-state index in [-0.39, 0.29) is 0 Å². The first kappa shape index (κ1) is 15.9. The van der Waals surface area contributed by atoms with Crippen molar-refractivity contribution in [2.45, 2.75) is 58.7 Å². The second-order valence-corrected chi connectivity index (χ2v) is 6.46. The van der Waals surface area contributed by atoms with Gasteiger partial charge in [-0.3, -0.25) is 4.90 Å². The molecule has 3 nitrogen and oxygen atoms in total. The van der Waals surface area contributed by atoms with Gasteiger partial charge in [-0.25, -0.2) is 0 Å². The maximum absolute atomic E-state index is 3.72.